The maximum absolute atomic E-state index is 16.5. The van der Waals surface area contributed by atoms with Gasteiger partial charge in [-0.1, -0.05) is 84.9 Å². The molecule has 7 rings (SSSR count). The first-order valence-corrected chi connectivity index (χ1v) is 20.9. The van der Waals surface area contributed by atoms with Gasteiger partial charge in [0, 0.05) is 18.9 Å². The summed E-state index contributed by atoms with van der Waals surface area (Å²) in [5, 5.41) is 0. The van der Waals surface area contributed by atoms with Gasteiger partial charge in [-0.05, 0) is 97.3 Å². The molecule has 66 heavy (non-hydrogen) atoms. The van der Waals surface area contributed by atoms with Crippen LogP contribution in [0.5, 0.6) is 5.75 Å². The molecule has 6 aromatic rings. The van der Waals surface area contributed by atoms with Crippen molar-refractivity contribution in [2.75, 3.05) is 0 Å². The minimum Gasteiger partial charge on any atom is -0.461 e. The van der Waals surface area contributed by atoms with Crippen molar-refractivity contribution in [1.82, 2.24) is 0 Å². The molecule has 6 aromatic carbocycles. The maximum atomic E-state index is 16.5. The van der Waals surface area contributed by atoms with Crippen molar-refractivity contribution in [2.24, 2.45) is 0 Å². The lowest BCUT2D eigenvalue weighted by molar-refractivity contribution is -0.284. The van der Waals surface area contributed by atoms with Gasteiger partial charge in [-0.3, -0.25) is 4.79 Å². The van der Waals surface area contributed by atoms with Crippen molar-refractivity contribution in [3.05, 3.63) is 208 Å². The van der Waals surface area contributed by atoms with Crippen LogP contribution in [0.4, 0.5) is 8.78 Å². The van der Waals surface area contributed by atoms with Gasteiger partial charge in [0.2, 0.25) is 12.4 Å². The summed E-state index contributed by atoms with van der Waals surface area (Å²) in [7, 11) is 0. The number of hydrogen-bond donors (Lipinski definition) is 0. The Balaban J connectivity index is 1.39. The van der Waals surface area contributed by atoms with E-state index in [1.165, 1.54) is 80.6 Å². The van der Waals surface area contributed by atoms with Gasteiger partial charge in [-0.15, -0.1) is 0 Å². The molecule has 1 heterocycles. The fraction of sp³-hybridized carbons (Fsp3) is 0.212. The van der Waals surface area contributed by atoms with Crippen LogP contribution >= 0.6 is 0 Å². The molecule has 1 aliphatic heterocycles. The molecular formula is C52H44F2O12. The van der Waals surface area contributed by atoms with Crippen molar-refractivity contribution in [3.63, 3.8) is 0 Å². The minimum absolute atomic E-state index is 0.0551. The summed E-state index contributed by atoms with van der Waals surface area (Å²) in [6.07, 6.45) is -10.5. The monoisotopic (exact) mass is 898 g/mol. The third kappa shape index (κ3) is 11.5. The van der Waals surface area contributed by atoms with Crippen molar-refractivity contribution in [1.29, 1.82) is 0 Å². The fourth-order valence-corrected chi connectivity index (χ4v) is 7.20. The molecule has 12 nitrogen and oxygen atoms in total. The van der Waals surface area contributed by atoms with Crippen LogP contribution in [-0.2, 0) is 46.2 Å². The molecule has 1 saturated heterocycles. The first-order chi connectivity index (χ1) is 31.8. The van der Waals surface area contributed by atoms with Gasteiger partial charge in [0.1, 0.15) is 36.2 Å². The molecule has 0 unspecified atom stereocenters. The first kappa shape index (κ1) is 46.3. The molecule has 1 fully saturated rings. The van der Waals surface area contributed by atoms with Gasteiger partial charge < -0.3 is 33.2 Å². The summed E-state index contributed by atoms with van der Waals surface area (Å²) in [5.74, 6) is -6.05. The lowest BCUT2D eigenvalue weighted by atomic mass is 9.94. The number of carbonyl (C=O) groups excluding carboxylic acids is 5. The highest BCUT2D eigenvalue weighted by molar-refractivity contribution is 5.91. The molecule has 14 heteroatoms. The van der Waals surface area contributed by atoms with Crippen LogP contribution in [0.15, 0.2) is 152 Å². The molecule has 0 bridgehead atoms. The predicted molar refractivity (Wildman–Crippen MR) is 233 cm³/mol. The van der Waals surface area contributed by atoms with Gasteiger partial charge >= 0.3 is 29.8 Å². The average molecular weight is 899 g/mol. The molecule has 0 spiro atoms. The smallest absolute Gasteiger partial charge is 0.338 e. The molecule has 0 aliphatic carbocycles. The highest BCUT2D eigenvalue weighted by Crippen LogP contribution is 2.37. The van der Waals surface area contributed by atoms with E-state index < -0.39 is 84.9 Å². The van der Waals surface area contributed by atoms with E-state index in [9.17, 15) is 24.0 Å². The van der Waals surface area contributed by atoms with Gasteiger partial charge in [-0.2, -0.15) is 0 Å². The Labute approximate surface area is 378 Å². The number of hydrogen-bond acceptors (Lipinski definition) is 12. The molecule has 0 radical (unpaired) electrons. The fourth-order valence-electron chi connectivity index (χ4n) is 7.20. The minimum atomic E-state index is -1.88. The van der Waals surface area contributed by atoms with Crippen LogP contribution in [0.2, 0.25) is 0 Å². The Morgan fingerprint density at radius 3 is 1.58 bits per heavy atom. The zero-order valence-corrected chi connectivity index (χ0v) is 36.0. The SMILES string of the molecule is CC(=O)OCc1cc(F)c(Cc2ccc(C)cc2F)c(O[C@@H]2O[C@H]([C@@H](C)OC(=O)c3ccccc3)[C@@H](OC(=O)c3ccccc3)[C@H](OC(=O)c3ccccc3)[C@H]2OC(=O)c2ccccc2)c1. The van der Waals surface area contributed by atoms with Crippen molar-refractivity contribution in [2.45, 2.75) is 70.6 Å². The lowest BCUT2D eigenvalue weighted by Gasteiger charge is -2.45. The number of halogens is 2. The molecular weight excluding hydrogens is 855 g/mol. The van der Waals surface area contributed by atoms with Crippen LogP contribution in [0.1, 0.15) is 77.5 Å². The van der Waals surface area contributed by atoms with Crippen LogP contribution in [-0.4, -0.2) is 66.7 Å². The normalized spacial score (nSPS) is 18.2. The third-order valence-corrected chi connectivity index (χ3v) is 10.5. The first-order valence-electron chi connectivity index (χ1n) is 20.9. The molecule has 0 saturated carbocycles. The highest BCUT2D eigenvalue weighted by Gasteiger charge is 2.56. The summed E-state index contributed by atoms with van der Waals surface area (Å²) in [6, 6.07) is 38.4. The van der Waals surface area contributed by atoms with Gasteiger partial charge in [0.05, 0.1) is 22.3 Å². The second-order valence-corrected chi connectivity index (χ2v) is 15.4. The molecule has 338 valence electrons. The number of rotatable bonds is 15. The topological polar surface area (TPSA) is 150 Å². The average Bonchev–Trinajstić information content (AvgIpc) is 3.32. The van der Waals surface area contributed by atoms with E-state index in [0.717, 1.165) is 6.07 Å². The number of ether oxygens (including phenoxy) is 7. The summed E-state index contributed by atoms with van der Waals surface area (Å²) in [5.41, 5.74) is 1.01. The molecule has 0 aromatic heterocycles. The Morgan fingerprint density at radius 1 is 0.591 bits per heavy atom. The van der Waals surface area contributed by atoms with Gasteiger partial charge in [0.15, 0.2) is 12.2 Å². The molecule has 1 aliphatic rings. The summed E-state index contributed by atoms with van der Waals surface area (Å²) >= 11 is 0. The molecule has 0 amide bonds. The van der Waals surface area contributed by atoms with Crippen molar-refractivity contribution in [3.8, 4) is 5.75 Å². The highest BCUT2D eigenvalue weighted by atomic mass is 19.1. The molecule has 6 atom stereocenters. The number of carbonyl (C=O) groups is 5. The Hall–Kier alpha value is -7.71. The van der Waals surface area contributed by atoms with E-state index in [1.54, 1.807) is 85.8 Å². The maximum Gasteiger partial charge on any atom is 0.338 e. The Bertz CT molecular complexity index is 2660. The van der Waals surface area contributed by atoms with Crippen LogP contribution in [0, 0.1) is 18.6 Å². The largest absolute Gasteiger partial charge is 0.461 e. The summed E-state index contributed by atoms with van der Waals surface area (Å²) in [6.45, 7) is 3.92. The number of benzene rings is 6. The second-order valence-electron chi connectivity index (χ2n) is 15.4. The standard InChI is InChI=1S/C52H44F2O12/c1-31-24-25-39(41(53)26-31)29-40-42(54)27-34(30-60-33(3)55)28-43(40)62-52-47(65-51(59)38-22-14-7-15-23-38)46(64-50(58)37-20-12-6-13-21-37)45(63-49(57)36-18-10-5-11-19-36)44(66-52)32(2)61-48(56)35-16-8-4-9-17-35/h4-28,32,44-47,52H,29-30H2,1-3H3/t32-,44-,45-,46+,47-,52-/m1/s1. The van der Waals surface area contributed by atoms with Crippen LogP contribution < -0.4 is 4.74 Å². The van der Waals surface area contributed by atoms with Crippen molar-refractivity contribution < 1.29 is 65.9 Å². The van der Waals surface area contributed by atoms with E-state index in [1.807, 2.05) is 0 Å². The van der Waals surface area contributed by atoms with Crippen LogP contribution in [0.3, 0.4) is 0 Å². The predicted octanol–water partition coefficient (Wildman–Crippen LogP) is 8.95. The van der Waals surface area contributed by atoms with Gasteiger partial charge in [0.25, 0.3) is 0 Å². The van der Waals surface area contributed by atoms with E-state index in [4.69, 9.17) is 33.2 Å². The number of aryl methyl sites for hydroxylation is 1. The summed E-state index contributed by atoms with van der Waals surface area (Å²) in [4.78, 5) is 67.8. The van der Waals surface area contributed by atoms with E-state index in [0.29, 0.717) is 5.56 Å². The second kappa shape index (κ2) is 21.3. The van der Waals surface area contributed by atoms with E-state index >= 15 is 8.78 Å². The Morgan fingerprint density at radius 2 is 1.08 bits per heavy atom. The Kier molecular flexibility index (Phi) is 14.9. The summed E-state index contributed by atoms with van der Waals surface area (Å²) < 4.78 is 74.7. The van der Waals surface area contributed by atoms with Gasteiger partial charge in [-0.25, -0.2) is 28.0 Å². The van der Waals surface area contributed by atoms with E-state index in [-0.39, 0.29) is 51.1 Å². The van der Waals surface area contributed by atoms with E-state index in [2.05, 4.69) is 0 Å². The molecule has 0 N–H and O–H groups in total. The number of esters is 5. The quantitative estimate of drug-likeness (QED) is 0.0715. The lowest BCUT2D eigenvalue weighted by Crippen LogP contribution is -2.65. The zero-order valence-electron chi connectivity index (χ0n) is 36.0. The third-order valence-electron chi connectivity index (χ3n) is 10.5. The zero-order chi connectivity index (χ0) is 46.7. The van der Waals surface area contributed by atoms with Crippen LogP contribution in [0.25, 0.3) is 0 Å². The van der Waals surface area contributed by atoms with Crippen molar-refractivity contribution >= 4 is 29.8 Å².